The second kappa shape index (κ2) is 3.27. The van der Waals surface area contributed by atoms with Crippen LogP contribution in [0, 0.1) is 0 Å². The minimum absolute atomic E-state index is 0.277. The molecule has 13 heavy (non-hydrogen) atoms. The average Bonchev–Trinajstić information content (AvgIpc) is 2.53. The fraction of sp³-hybridized carbons (Fsp3) is 0. The highest BCUT2D eigenvalue weighted by molar-refractivity contribution is 7.02. The molecule has 0 aliphatic carbocycles. The fourth-order valence-electron chi connectivity index (χ4n) is 0.809. The van der Waals surface area contributed by atoms with Gasteiger partial charge in [0, 0.05) is 6.20 Å². The van der Waals surface area contributed by atoms with Gasteiger partial charge in [-0.25, -0.2) is 9.78 Å². The molecule has 0 N–H and O–H groups in total. The zero-order valence-electron chi connectivity index (χ0n) is 6.23. The first-order chi connectivity index (χ1) is 6.25. The average molecular weight is 215 g/mol. The molecule has 0 atom stereocenters. The highest BCUT2D eigenvalue weighted by atomic mass is 35.5. The molecule has 4 nitrogen and oxygen atoms in total. The van der Waals surface area contributed by atoms with Gasteiger partial charge in [0.25, 0.3) is 0 Å². The van der Waals surface area contributed by atoms with Gasteiger partial charge in [-0.3, -0.25) is 0 Å². The Morgan fingerprint density at radius 1 is 1.46 bits per heavy atom. The van der Waals surface area contributed by atoms with Crippen LogP contribution in [0.2, 0.25) is 5.15 Å². The molecule has 66 valence electrons. The molecule has 0 aliphatic rings. The lowest BCUT2D eigenvalue weighted by Gasteiger charge is -1.92. The number of pyridine rings is 1. The number of rotatable bonds is 1. The SMILES string of the molecule is O=c1oc(-c2ccc(Cl)nc2)ns1. The monoisotopic (exact) mass is 214 g/mol. The Bertz CT molecular complexity index is 462. The van der Waals surface area contributed by atoms with E-state index in [1.807, 2.05) is 0 Å². The first-order valence-electron chi connectivity index (χ1n) is 3.34. The molecule has 2 aromatic heterocycles. The molecule has 0 amide bonds. The molecule has 6 heteroatoms. The molecule has 2 rings (SSSR count). The molecule has 0 bridgehead atoms. The van der Waals surface area contributed by atoms with Crippen LogP contribution >= 0.6 is 23.1 Å². The first kappa shape index (κ1) is 8.40. The van der Waals surface area contributed by atoms with Crippen LogP contribution in [0.4, 0.5) is 0 Å². The van der Waals surface area contributed by atoms with Gasteiger partial charge < -0.3 is 4.42 Å². The third kappa shape index (κ3) is 1.76. The van der Waals surface area contributed by atoms with Gasteiger partial charge in [-0.05, 0) is 12.1 Å². The highest BCUT2D eigenvalue weighted by Gasteiger charge is 2.04. The van der Waals surface area contributed by atoms with E-state index < -0.39 is 4.94 Å². The summed E-state index contributed by atoms with van der Waals surface area (Å²) in [7, 11) is 0. The van der Waals surface area contributed by atoms with E-state index in [-0.39, 0.29) is 5.89 Å². The van der Waals surface area contributed by atoms with Crippen molar-refractivity contribution < 1.29 is 4.42 Å². The van der Waals surface area contributed by atoms with E-state index in [9.17, 15) is 4.79 Å². The second-order valence-electron chi connectivity index (χ2n) is 2.21. The van der Waals surface area contributed by atoms with Gasteiger partial charge in [0.05, 0.1) is 17.1 Å². The number of hydrogen-bond acceptors (Lipinski definition) is 5. The van der Waals surface area contributed by atoms with Gasteiger partial charge in [0.1, 0.15) is 5.15 Å². The summed E-state index contributed by atoms with van der Waals surface area (Å²) < 4.78 is 8.57. The van der Waals surface area contributed by atoms with Crippen molar-refractivity contribution >= 4 is 23.1 Å². The molecular formula is C7H3ClN2O2S. The number of halogens is 1. The van der Waals surface area contributed by atoms with Gasteiger partial charge in [-0.1, -0.05) is 11.6 Å². The summed E-state index contributed by atoms with van der Waals surface area (Å²) in [6, 6.07) is 3.30. The van der Waals surface area contributed by atoms with Gasteiger partial charge in [0.15, 0.2) is 0 Å². The predicted octanol–water partition coefficient (Wildman–Crippen LogP) is 1.81. The molecule has 2 aromatic rings. The fourth-order valence-corrected chi connectivity index (χ4v) is 1.34. The van der Waals surface area contributed by atoms with Crippen molar-refractivity contribution in [2.75, 3.05) is 0 Å². The normalized spacial score (nSPS) is 10.2. The summed E-state index contributed by atoms with van der Waals surface area (Å²) >= 11 is 6.35. The molecule has 0 radical (unpaired) electrons. The minimum atomic E-state index is -0.426. The molecule has 0 aromatic carbocycles. The van der Waals surface area contributed by atoms with Crippen LogP contribution in [-0.4, -0.2) is 9.36 Å². The van der Waals surface area contributed by atoms with Crippen LogP contribution in [0.5, 0.6) is 0 Å². The van der Waals surface area contributed by atoms with Crippen molar-refractivity contribution in [3.63, 3.8) is 0 Å². The molecule has 0 fully saturated rings. The number of aromatic nitrogens is 2. The molecular weight excluding hydrogens is 212 g/mol. The Morgan fingerprint density at radius 3 is 2.85 bits per heavy atom. The van der Waals surface area contributed by atoms with E-state index >= 15 is 0 Å². The standard InChI is InChI=1S/C7H3ClN2O2S/c8-5-2-1-4(3-9-5)6-10-13-7(11)12-6/h1-3H. The Labute approximate surface area is 82.0 Å². The summed E-state index contributed by atoms with van der Waals surface area (Å²) in [6.07, 6.45) is 1.50. The number of nitrogens with zero attached hydrogens (tertiary/aromatic N) is 2. The van der Waals surface area contributed by atoms with Crippen molar-refractivity contribution in [3.8, 4) is 11.5 Å². The van der Waals surface area contributed by atoms with Crippen LogP contribution in [0.1, 0.15) is 0 Å². The predicted molar refractivity (Wildman–Crippen MR) is 48.9 cm³/mol. The molecule has 0 spiro atoms. The first-order valence-corrected chi connectivity index (χ1v) is 4.49. The zero-order chi connectivity index (χ0) is 9.26. The van der Waals surface area contributed by atoms with Crippen LogP contribution < -0.4 is 4.94 Å². The smallest absolute Gasteiger partial charge is 0.394 e. The summed E-state index contributed by atoms with van der Waals surface area (Å²) in [5.41, 5.74) is 0.641. The van der Waals surface area contributed by atoms with E-state index in [1.54, 1.807) is 12.1 Å². The Hall–Kier alpha value is -1.20. The highest BCUT2D eigenvalue weighted by Crippen LogP contribution is 2.16. The zero-order valence-corrected chi connectivity index (χ0v) is 7.80. The quantitative estimate of drug-likeness (QED) is 0.680. The molecule has 0 saturated heterocycles. The summed E-state index contributed by atoms with van der Waals surface area (Å²) in [5.74, 6) is 0.277. The van der Waals surface area contributed by atoms with E-state index in [2.05, 4.69) is 9.36 Å². The van der Waals surface area contributed by atoms with E-state index in [0.717, 1.165) is 11.5 Å². The summed E-state index contributed by atoms with van der Waals surface area (Å²) in [4.78, 5) is 14.1. The maximum Gasteiger partial charge on any atom is 0.414 e. The van der Waals surface area contributed by atoms with E-state index in [0.29, 0.717) is 10.7 Å². The lowest BCUT2D eigenvalue weighted by atomic mass is 10.3. The van der Waals surface area contributed by atoms with Crippen molar-refractivity contribution in [2.24, 2.45) is 0 Å². The van der Waals surface area contributed by atoms with Gasteiger partial charge in [-0.2, -0.15) is 0 Å². The second-order valence-corrected chi connectivity index (χ2v) is 3.30. The summed E-state index contributed by atoms with van der Waals surface area (Å²) in [5, 5.41) is 0.390. The minimum Gasteiger partial charge on any atom is -0.394 e. The molecule has 0 aliphatic heterocycles. The van der Waals surface area contributed by atoms with Crippen molar-refractivity contribution in [3.05, 3.63) is 33.2 Å². The van der Waals surface area contributed by atoms with Crippen LogP contribution in [0.15, 0.2) is 27.5 Å². The molecule has 2 heterocycles. The van der Waals surface area contributed by atoms with Gasteiger partial charge in [-0.15, -0.1) is 4.37 Å². The Balaban J connectivity index is 2.47. The largest absolute Gasteiger partial charge is 0.414 e. The topological polar surface area (TPSA) is 56.0 Å². The Kier molecular flexibility index (Phi) is 2.12. The van der Waals surface area contributed by atoms with E-state index in [1.165, 1.54) is 6.20 Å². The van der Waals surface area contributed by atoms with Gasteiger partial charge in [0.2, 0.25) is 5.89 Å². The number of hydrogen-bond donors (Lipinski definition) is 0. The maximum atomic E-state index is 10.7. The molecule has 0 saturated carbocycles. The van der Waals surface area contributed by atoms with Crippen molar-refractivity contribution in [2.45, 2.75) is 0 Å². The van der Waals surface area contributed by atoms with Crippen LogP contribution in [0.3, 0.4) is 0 Å². The van der Waals surface area contributed by atoms with Crippen LogP contribution in [-0.2, 0) is 0 Å². The maximum absolute atomic E-state index is 10.7. The van der Waals surface area contributed by atoms with Crippen LogP contribution in [0.25, 0.3) is 11.5 Å². The Morgan fingerprint density at radius 2 is 2.31 bits per heavy atom. The third-order valence-corrected chi connectivity index (χ3v) is 2.07. The van der Waals surface area contributed by atoms with Crippen molar-refractivity contribution in [1.29, 1.82) is 0 Å². The van der Waals surface area contributed by atoms with Crippen molar-refractivity contribution in [1.82, 2.24) is 9.36 Å². The van der Waals surface area contributed by atoms with E-state index in [4.69, 9.17) is 16.0 Å². The summed E-state index contributed by atoms with van der Waals surface area (Å²) in [6.45, 7) is 0. The molecule has 0 unspecified atom stereocenters. The lowest BCUT2D eigenvalue weighted by Crippen LogP contribution is -1.83. The lowest BCUT2D eigenvalue weighted by molar-refractivity contribution is 0.543. The van der Waals surface area contributed by atoms with Gasteiger partial charge >= 0.3 is 4.94 Å². The third-order valence-electron chi connectivity index (χ3n) is 1.36.